The monoisotopic (exact) mass is 316 g/mol. The zero-order valence-corrected chi connectivity index (χ0v) is 13.3. The highest BCUT2D eigenvalue weighted by Gasteiger charge is 2.22. The minimum Gasteiger partial charge on any atom is -0.508 e. The van der Waals surface area contributed by atoms with E-state index in [0.717, 1.165) is 11.1 Å². The second kappa shape index (κ2) is 7.74. The Balaban J connectivity index is 1.96. The fraction of sp³-hybridized carbons (Fsp3) is 0.278. The summed E-state index contributed by atoms with van der Waals surface area (Å²) >= 11 is 0. The van der Waals surface area contributed by atoms with Crippen LogP contribution in [0.2, 0.25) is 0 Å². The Morgan fingerprint density at radius 2 is 1.74 bits per heavy atom. The fourth-order valence-electron chi connectivity index (χ4n) is 2.42. The first-order chi connectivity index (χ1) is 11.0. The lowest BCUT2D eigenvalue weighted by atomic mass is 10.0. The molecule has 5 heteroatoms. The molecule has 0 aliphatic carbocycles. The molecule has 4 nitrogen and oxygen atoms in total. The van der Waals surface area contributed by atoms with E-state index in [9.17, 15) is 14.3 Å². The van der Waals surface area contributed by atoms with E-state index in [1.165, 1.54) is 12.1 Å². The molecule has 2 aromatic carbocycles. The van der Waals surface area contributed by atoms with Crippen molar-refractivity contribution in [2.75, 3.05) is 20.6 Å². The number of nitrogens with one attached hydrogen (secondary N) is 1. The molecule has 0 heterocycles. The molecule has 0 saturated heterocycles. The third-order valence-corrected chi connectivity index (χ3v) is 3.60. The van der Waals surface area contributed by atoms with Gasteiger partial charge in [-0.05, 0) is 55.9 Å². The summed E-state index contributed by atoms with van der Waals surface area (Å²) in [4.78, 5) is 14.2. The number of benzene rings is 2. The number of halogens is 1. The number of nitrogens with zero attached hydrogens (tertiary/aromatic N) is 1. The lowest BCUT2D eigenvalue weighted by Crippen LogP contribution is -2.37. The molecule has 0 saturated carbocycles. The van der Waals surface area contributed by atoms with Crippen LogP contribution in [0.25, 0.3) is 0 Å². The SMILES string of the molecule is CN(C)C(C(=O)NCCc1ccc(O)cc1)c1ccc(F)cc1. The summed E-state index contributed by atoms with van der Waals surface area (Å²) in [6.07, 6.45) is 0.676. The normalized spacial score (nSPS) is 12.2. The van der Waals surface area contributed by atoms with Gasteiger partial charge in [-0.3, -0.25) is 9.69 Å². The number of amides is 1. The molecule has 23 heavy (non-hydrogen) atoms. The number of likely N-dealkylation sites (N-methyl/N-ethyl adjacent to an activating group) is 1. The van der Waals surface area contributed by atoms with Crippen molar-refractivity contribution < 1.29 is 14.3 Å². The van der Waals surface area contributed by atoms with Crippen LogP contribution >= 0.6 is 0 Å². The van der Waals surface area contributed by atoms with Crippen LogP contribution in [-0.4, -0.2) is 36.6 Å². The van der Waals surface area contributed by atoms with Crippen LogP contribution in [-0.2, 0) is 11.2 Å². The number of carbonyl (C=O) groups excluding carboxylic acids is 1. The lowest BCUT2D eigenvalue weighted by Gasteiger charge is -2.23. The molecule has 0 aliphatic heterocycles. The Morgan fingerprint density at radius 3 is 2.30 bits per heavy atom. The van der Waals surface area contributed by atoms with E-state index >= 15 is 0 Å². The van der Waals surface area contributed by atoms with Gasteiger partial charge in [-0.1, -0.05) is 24.3 Å². The molecule has 1 amide bonds. The first kappa shape index (κ1) is 17.0. The third-order valence-electron chi connectivity index (χ3n) is 3.60. The van der Waals surface area contributed by atoms with Gasteiger partial charge >= 0.3 is 0 Å². The van der Waals surface area contributed by atoms with Crippen LogP contribution < -0.4 is 5.32 Å². The molecule has 0 spiro atoms. The molecule has 0 aromatic heterocycles. The van der Waals surface area contributed by atoms with Gasteiger partial charge in [0.25, 0.3) is 0 Å². The minimum atomic E-state index is -0.463. The molecule has 2 rings (SSSR count). The van der Waals surface area contributed by atoms with Crippen molar-refractivity contribution in [3.63, 3.8) is 0 Å². The van der Waals surface area contributed by atoms with Gasteiger partial charge in [0.2, 0.25) is 5.91 Å². The lowest BCUT2D eigenvalue weighted by molar-refractivity contribution is -0.125. The molecule has 0 bridgehead atoms. The maximum absolute atomic E-state index is 13.0. The predicted molar refractivity (Wildman–Crippen MR) is 87.6 cm³/mol. The van der Waals surface area contributed by atoms with Crippen molar-refractivity contribution >= 4 is 5.91 Å². The first-order valence-corrected chi connectivity index (χ1v) is 7.45. The number of carbonyl (C=O) groups is 1. The van der Waals surface area contributed by atoms with Crippen molar-refractivity contribution in [1.82, 2.24) is 10.2 Å². The molecular formula is C18H21FN2O2. The summed E-state index contributed by atoms with van der Waals surface area (Å²) < 4.78 is 13.0. The second-order valence-electron chi connectivity index (χ2n) is 5.63. The average Bonchev–Trinajstić information content (AvgIpc) is 2.51. The smallest absolute Gasteiger partial charge is 0.241 e. The van der Waals surface area contributed by atoms with Crippen LogP contribution in [0.15, 0.2) is 48.5 Å². The van der Waals surface area contributed by atoms with E-state index in [-0.39, 0.29) is 17.5 Å². The van der Waals surface area contributed by atoms with Gasteiger partial charge in [0.05, 0.1) is 0 Å². The van der Waals surface area contributed by atoms with Crippen molar-refractivity contribution in [3.05, 3.63) is 65.5 Å². The maximum atomic E-state index is 13.0. The van der Waals surface area contributed by atoms with Gasteiger partial charge in [0.15, 0.2) is 0 Å². The highest BCUT2D eigenvalue weighted by atomic mass is 19.1. The standard InChI is InChI=1S/C18H21FN2O2/c1-21(2)17(14-5-7-15(19)8-6-14)18(23)20-12-11-13-3-9-16(22)10-4-13/h3-10,17,22H,11-12H2,1-2H3,(H,20,23). The number of hydrogen-bond donors (Lipinski definition) is 2. The predicted octanol–water partition coefficient (Wildman–Crippen LogP) is 2.49. The average molecular weight is 316 g/mol. The van der Waals surface area contributed by atoms with Crippen molar-refractivity contribution in [3.8, 4) is 5.75 Å². The topological polar surface area (TPSA) is 52.6 Å². The van der Waals surface area contributed by atoms with Crippen LogP contribution in [0.4, 0.5) is 4.39 Å². The maximum Gasteiger partial charge on any atom is 0.241 e. The van der Waals surface area contributed by atoms with Crippen molar-refractivity contribution in [1.29, 1.82) is 0 Å². The summed E-state index contributed by atoms with van der Waals surface area (Å²) in [5, 5.41) is 12.2. The van der Waals surface area contributed by atoms with Gasteiger partial charge < -0.3 is 10.4 Å². The number of hydrogen-bond acceptors (Lipinski definition) is 3. The van der Waals surface area contributed by atoms with Crippen molar-refractivity contribution in [2.45, 2.75) is 12.5 Å². The summed E-state index contributed by atoms with van der Waals surface area (Å²) in [5.41, 5.74) is 1.78. The quantitative estimate of drug-likeness (QED) is 0.861. The summed E-state index contributed by atoms with van der Waals surface area (Å²) in [6, 6.07) is 12.4. The molecule has 2 N–H and O–H groups in total. The second-order valence-corrected chi connectivity index (χ2v) is 5.63. The molecule has 2 aromatic rings. The minimum absolute atomic E-state index is 0.125. The number of aromatic hydroxyl groups is 1. The van der Waals surface area contributed by atoms with E-state index < -0.39 is 6.04 Å². The molecule has 122 valence electrons. The van der Waals surface area contributed by atoms with Crippen LogP contribution in [0, 0.1) is 5.82 Å². The highest BCUT2D eigenvalue weighted by molar-refractivity contribution is 5.83. The van der Waals surface area contributed by atoms with Gasteiger partial charge in [0.1, 0.15) is 17.6 Å². The molecule has 0 aliphatic rings. The highest BCUT2D eigenvalue weighted by Crippen LogP contribution is 2.19. The summed E-state index contributed by atoms with van der Waals surface area (Å²) in [7, 11) is 3.63. The first-order valence-electron chi connectivity index (χ1n) is 7.45. The Kier molecular flexibility index (Phi) is 5.71. The number of rotatable bonds is 6. The van der Waals surface area contributed by atoms with Crippen LogP contribution in [0.3, 0.4) is 0 Å². The Labute approximate surface area is 135 Å². The Bertz CT molecular complexity index is 639. The van der Waals surface area contributed by atoms with Crippen LogP contribution in [0.1, 0.15) is 17.2 Å². The number of phenols is 1. The van der Waals surface area contributed by atoms with E-state index in [1.807, 2.05) is 26.2 Å². The largest absolute Gasteiger partial charge is 0.508 e. The van der Waals surface area contributed by atoms with Gasteiger partial charge in [-0.25, -0.2) is 4.39 Å². The van der Waals surface area contributed by atoms with Crippen molar-refractivity contribution in [2.24, 2.45) is 0 Å². The zero-order valence-electron chi connectivity index (χ0n) is 13.3. The van der Waals surface area contributed by atoms with Gasteiger partial charge in [0, 0.05) is 6.54 Å². The van der Waals surface area contributed by atoms with E-state index in [0.29, 0.717) is 13.0 Å². The van der Waals surface area contributed by atoms with Gasteiger partial charge in [-0.2, -0.15) is 0 Å². The number of phenolic OH excluding ortho intramolecular Hbond substituents is 1. The third kappa shape index (κ3) is 4.79. The molecule has 1 atom stereocenters. The Morgan fingerprint density at radius 1 is 1.13 bits per heavy atom. The fourth-order valence-corrected chi connectivity index (χ4v) is 2.42. The Hall–Kier alpha value is -2.40. The van der Waals surface area contributed by atoms with E-state index in [1.54, 1.807) is 29.2 Å². The molecular weight excluding hydrogens is 295 g/mol. The molecule has 0 radical (unpaired) electrons. The molecule has 0 fully saturated rings. The van der Waals surface area contributed by atoms with E-state index in [4.69, 9.17) is 0 Å². The van der Waals surface area contributed by atoms with Crippen LogP contribution in [0.5, 0.6) is 5.75 Å². The molecule has 1 unspecified atom stereocenters. The zero-order chi connectivity index (χ0) is 16.8. The summed E-state index contributed by atoms with van der Waals surface area (Å²) in [5.74, 6) is -0.221. The summed E-state index contributed by atoms with van der Waals surface area (Å²) in [6.45, 7) is 0.495. The van der Waals surface area contributed by atoms with E-state index in [2.05, 4.69) is 5.32 Å². The van der Waals surface area contributed by atoms with Gasteiger partial charge in [-0.15, -0.1) is 0 Å².